The molecule has 0 saturated carbocycles. The van der Waals surface area contributed by atoms with Crippen molar-refractivity contribution in [2.24, 2.45) is 0 Å². The third kappa shape index (κ3) is 3.98. The van der Waals surface area contributed by atoms with E-state index >= 15 is 0 Å². The van der Waals surface area contributed by atoms with Crippen LogP contribution in [0.3, 0.4) is 0 Å². The maximum Gasteiger partial charge on any atom is 0.408 e. The third-order valence-electron chi connectivity index (χ3n) is 4.98. The van der Waals surface area contributed by atoms with Gasteiger partial charge in [-0.25, -0.2) is 0 Å². The van der Waals surface area contributed by atoms with Gasteiger partial charge in [0, 0.05) is 29.9 Å². The van der Waals surface area contributed by atoms with E-state index in [0.29, 0.717) is 17.9 Å². The molecule has 3 heterocycles. The lowest BCUT2D eigenvalue weighted by atomic mass is 10.0. The van der Waals surface area contributed by atoms with Crippen molar-refractivity contribution in [2.45, 2.75) is 19.3 Å². The van der Waals surface area contributed by atoms with E-state index in [2.05, 4.69) is 15.4 Å². The van der Waals surface area contributed by atoms with E-state index in [1.807, 2.05) is 36.4 Å². The van der Waals surface area contributed by atoms with Crippen molar-refractivity contribution >= 4 is 16.6 Å². The summed E-state index contributed by atoms with van der Waals surface area (Å²) in [4.78, 5) is 4.49. The second kappa shape index (κ2) is 7.50. The van der Waals surface area contributed by atoms with E-state index in [9.17, 15) is 13.2 Å². The van der Waals surface area contributed by atoms with Crippen molar-refractivity contribution in [3.05, 3.63) is 66.6 Å². The van der Waals surface area contributed by atoms with Gasteiger partial charge in [-0.3, -0.25) is 9.67 Å². The average Bonchev–Trinajstić information content (AvgIpc) is 3.39. The molecule has 9 heteroatoms. The first-order chi connectivity index (χ1) is 15.0. The SMILES string of the molecule is FC(F)(F)Cn1cc(-c2ccnc3c(NCc4ccc5c(c4)OCO5)cccc23)cn1. The number of alkyl halides is 3. The van der Waals surface area contributed by atoms with Gasteiger partial charge in [0.2, 0.25) is 6.79 Å². The maximum atomic E-state index is 12.7. The number of halogens is 3. The molecule has 0 radical (unpaired) electrons. The van der Waals surface area contributed by atoms with Gasteiger partial charge >= 0.3 is 6.18 Å². The lowest BCUT2D eigenvalue weighted by Crippen LogP contribution is -2.17. The van der Waals surface area contributed by atoms with Crippen LogP contribution in [0.2, 0.25) is 0 Å². The van der Waals surface area contributed by atoms with E-state index in [0.717, 1.165) is 38.1 Å². The second-order valence-corrected chi connectivity index (χ2v) is 7.14. The molecule has 2 aromatic carbocycles. The van der Waals surface area contributed by atoms with Crippen molar-refractivity contribution in [1.29, 1.82) is 0 Å². The summed E-state index contributed by atoms with van der Waals surface area (Å²) in [7, 11) is 0. The first kappa shape index (κ1) is 19.2. The van der Waals surface area contributed by atoms with E-state index in [-0.39, 0.29) is 6.79 Å². The molecule has 0 atom stereocenters. The van der Waals surface area contributed by atoms with Crippen molar-refractivity contribution in [1.82, 2.24) is 14.8 Å². The smallest absolute Gasteiger partial charge is 0.408 e. The molecule has 1 N–H and O–H groups in total. The molecule has 2 aromatic heterocycles. The van der Waals surface area contributed by atoms with E-state index in [4.69, 9.17) is 9.47 Å². The Morgan fingerprint density at radius 2 is 1.94 bits per heavy atom. The van der Waals surface area contributed by atoms with Crippen LogP contribution < -0.4 is 14.8 Å². The predicted octanol–water partition coefficient (Wildman–Crippen LogP) is 5.00. The first-order valence-electron chi connectivity index (χ1n) is 9.56. The van der Waals surface area contributed by atoms with Crippen LogP contribution in [0.25, 0.3) is 22.0 Å². The number of nitrogens with one attached hydrogen (secondary N) is 1. The molecule has 0 aliphatic carbocycles. The number of hydrogen-bond donors (Lipinski definition) is 1. The van der Waals surface area contributed by atoms with Crippen molar-refractivity contribution in [3.8, 4) is 22.6 Å². The number of fused-ring (bicyclic) bond motifs is 2. The zero-order valence-corrected chi connectivity index (χ0v) is 16.2. The van der Waals surface area contributed by atoms with Gasteiger partial charge in [-0.15, -0.1) is 0 Å². The van der Waals surface area contributed by atoms with Gasteiger partial charge in [0.05, 0.1) is 17.4 Å². The molecule has 1 aliphatic rings. The molecule has 6 nitrogen and oxygen atoms in total. The zero-order valence-electron chi connectivity index (χ0n) is 16.2. The number of para-hydroxylation sites is 1. The number of ether oxygens (including phenoxy) is 2. The van der Waals surface area contributed by atoms with Crippen molar-refractivity contribution < 1.29 is 22.6 Å². The lowest BCUT2D eigenvalue weighted by Gasteiger charge is -2.11. The summed E-state index contributed by atoms with van der Waals surface area (Å²) >= 11 is 0. The Balaban J connectivity index is 1.42. The highest BCUT2D eigenvalue weighted by Crippen LogP contribution is 2.34. The minimum absolute atomic E-state index is 0.224. The molecule has 0 unspecified atom stereocenters. The number of pyridine rings is 1. The fourth-order valence-electron chi connectivity index (χ4n) is 3.59. The van der Waals surface area contributed by atoms with E-state index < -0.39 is 12.7 Å². The number of nitrogens with zero attached hydrogens (tertiary/aromatic N) is 3. The molecule has 31 heavy (non-hydrogen) atoms. The Morgan fingerprint density at radius 3 is 2.81 bits per heavy atom. The Labute approximate surface area is 175 Å². The molecule has 158 valence electrons. The molecule has 0 saturated heterocycles. The van der Waals surface area contributed by atoms with Gasteiger partial charge in [0.25, 0.3) is 0 Å². The van der Waals surface area contributed by atoms with Gasteiger partial charge < -0.3 is 14.8 Å². The minimum Gasteiger partial charge on any atom is -0.454 e. The molecule has 0 fully saturated rings. The average molecular weight is 426 g/mol. The van der Waals surface area contributed by atoms with E-state index in [1.54, 1.807) is 12.3 Å². The molecule has 5 rings (SSSR count). The van der Waals surface area contributed by atoms with Gasteiger partial charge in [-0.2, -0.15) is 18.3 Å². The highest BCUT2D eigenvalue weighted by Gasteiger charge is 2.28. The van der Waals surface area contributed by atoms with Gasteiger partial charge in [0.1, 0.15) is 6.54 Å². The fraction of sp³-hybridized carbons (Fsp3) is 0.182. The number of anilines is 1. The lowest BCUT2D eigenvalue weighted by molar-refractivity contribution is -0.142. The first-order valence-corrected chi connectivity index (χ1v) is 9.56. The number of rotatable bonds is 5. The van der Waals surface area contributed by atoms with Crippen LogP contribution in [-0.2, 0) is 13.1 Å². The summed E-state index contributed by atoms with van der Waals surface area (Å²) in [6.07, 6.45) is 0.155. The Hall–Kier alpha value is -3.75. The van der Waals surface area contributed by atoms with Crippen LogP contribution in [0.4, 0.5) is 18.9 Å². The summed E-state index contributed by atoms with van der Waals surface area (Å²) in [5, 5.41) is 8.06. The maximum absolute atomic E-state index is 12.7. The Morgan fingerprint density at radius 1 is 1.06 bits per heavy atom. The summed E-state index contributed by atoms with van der Waals surface area (Å²) in [5.41, 5.74) is 3.93. The van der Waals surface area contributed by atoms with E-state index in [1.165, 1.54) is 12.4 Å². The Kier molecular flexibility index (Phi) is 4.65. The fourth-order valence-corrected chi connectivity index (χ4v) is 3.59. The van der Waals surface area contributed by atoms with Crippen LogP contribution in [-0.4, -0.2) is 27.7 Å². The number of aromatic nitrogens is 3. The summed E-state index contributed by atoms with van der Waals surface area (Å²) in [6, 6.07) is 13.2. The van der Waals surface area contributed by atoms with Crippen molar-refractivity contribution in [3.63, 3.8) is 0 Å². The summed E-state index contributed by atoms with van der Waals surface area (Å²) in [5.74, 6) is 1.44. The second-order valence-electron chi connectivity index (χ2n) is 7.14. The van der Waals surface area contributed by atoms with Gasteiger partial charge in [-0.1, -0.05) is 18.2 Å². The summed E-state index contributed by atoms with van der Waals surface area (Å²) in [6.45, 7) is -0.356. The molecule has 1 aliphatic heterocycles. The standard InChI is InChI=1S/C22H17F3N4O2/c23-22(24,25)12-29-11-15(10-28-29)16-6-7-26-21-17(16)2-1-3-18(21)27-9-14-4-5-19-20(8-14)31-13-30-19/h1-8,10-11,27H,9,12-13H2. The van der Waals surface area contributed by atoms with Crippen LogP contribution >= 0.6 is 0 Å². The summed E-state index contributed by atoms with van der Waals surface area (Å²) < 4.78 is 49.6. The van der Waals surface area contributed by atoms with Crippen LogP contribution in [0, 0.1) is 0 Å². The number of hydrogen-bond acceptors (Lipinski definition) is 5. The third-order valence-corrected chi connectivity index (χ3v) is 4.98. The zero-order chi connectivity index (χ0) is 21.4. The number of benzene rings is 2. The molecule has 0 bridgehead atoms. The highest BCUT2D eigenvalue weighted by molar-refractivity contribution is 6.00. The quantitative estimate of drug-likeness (QED) is 0.487. The molecular weight excluding hydrogens is 409 g/mol. The molecular formula is C22H17F3N4O2. The Bertz CT molecular complexity index is 1250. The largest absolute Gasteiger partial charge is 0.454 e. The van der Waals surface area contributed by atoms with Crippen LogP contribution in [0.1, 0.15) is 5.56 Å². The van der Waals surface area contributed by atoms with Crippen LogP contribution in [0.15, 0.2) is 61.1 Å². The topological polar surface area (TPSA) is 61.2 Å². The molecule has 4 aromatic rings. The minimum atomic E-state index is -4.32. The normalized spacial score (nSPS) is 13.0. The monoisotopic (exact) mass is 426 g/mol. The highest BCUT2D eigenvalue weighted by atomic mass is 19.4. The predicted molar refractivity (Wildman–Crippen MR) is 109 cm³/mol. The van der Waals surface area contributed by atoms with Crippen LogP contribution in [0.5, 0.6) is 11.5 Å². The van der Waals surface area contributed by atoms with Gasteiger partial charge in [0.15, 0.2) is 11.5 Å². The molecule has 0 amide bonds. The van der Waals surface area contributed by atoms with Gasteiger partial charge in [-0.05, 0) is 35.4 Å². The molecule has 0 spiro atoms. The van der Waals surface area contributed by atoms with Crippen molar-refractivity contribution in [2.75, 3.05) is 12.1 Å².